The Labute approximate surface area is 382 Å². The summed E-state index contributed by atoms with van der Waals surface area (Å²) in [5, 5.41) is 16.0. The second-order valence-electron chi connectivity index (χ2n) is 14.8. The highest BCUT2D eigenvalue weighted by Crippen LogP contribution is 2.28. The van der Waals surface area contributed by atoms with Gasteiger partial charge in [-0.25, -0.2) is 19.7 Å². The van der Waals surface area contributed by atoms with E-state index in [1.54, 1.807) is 6.07 Å². The van der Waals surface area contributed by atoms with Crippen molar-refractivity contribution in [3.05, 3.63) is 113 Å². The van der Waals surface area contributed by atoms with Gasteiger partial charge in [0.1, 0.15) is 28.9 Å². The summed E-state index contributed by atoms with van der Waals surface area (Å²) in [7, 11) is 0. The molecule has 1 aliphatic rings. The molecule has 340 valence electrons. The van der Waals surface area contributed by atoms with E-state index in [9.17, 15) is 14.4 Å². The van der Waals surface area contributed by atoms with Crippen molar-refractivity contribution in [3.8, 4) is 0 Å². The number of nitrogens with zero attached hydrogens (tertiary/aromatic N) is 5. The van der Waals surface area contributed by atoms with Crippen LogP contribution in [0, 0.1) is 13.8 Å². The molecule has 0 bridgehead atoms. The number of carbonyl (C=O) groups excluding carboxylic acids is 3. The highest BCUT2D eigenvalue weighted by molar-refractivity contribution is 7.17. The molecule has 0 aliphatic carbocycles. The number of anilines is 4. The maximum atomic E-state index is 12.9. The third-order valence-corrected chi connectivity index (χ3v) is 10.9. The fraction of sp³-hybridized carbons (Fsp3) is 0.447. The molecule has 0 saturated carbocycles. The van der Waals surface area contributed by atoms with Crippen molar-refractivity contribution in [3.63, 3.8) is 0 Å². The summed E-state index contributed by atoms with van der Waals surface area (Å²) < 4.78 is 5.40. The van der Waals surface area contributed by atoms with Gasteiger partial charge in [-0.15, -0.1) is 0 Å². The van der Waals surface area contributed by atoms with E-state index in [2.05, 4.69) is 119 Å². The van der Waals surface area contributed by atoms with Crippen LogP contribution in [0.4, 0.5) is 27.2 Å². The van der Waals surface area contributed by atoms with E-state index in [0.717, 1.165) is 82.5 Å². The van der Waals surface area contributed by atoms with E-state index >= 15 is 0 Å². The van der Waals surface area contributed by atoms with Crippen molar-refractivity contribution in [2.45, 2.75) is 72.1 Å². The Morgan fingerprint density at radius 2 is 1.51 bits per heavy atom. The number of piperazine rings is 1. The number of benzene rings is 1. The van der Waals surface area contributed by atoms with Crippen LogP contribution >= 0.6 is 22.9 Å². The number of para-hydroxylation sites is 1. The Morgan fingerprint density at radius 1 is 0.841 bits per heavy atom. The Bertz CT molecular complexity index is 1990. The summed E-state index contributed by atoms with van der Waals surface area (Å²) in [6.07, 6.45) is 30.0. The fourth-order valence-corrected chi connectivity index (χ4v) is 7.30. The van der Waals surface area contributed by atoms with Crippen LogP contribution in [0.25, 0.3) is 0 Å². The number of alkyl carbamates (subject to hydrolysis) is 1. The number of aryl methyl sites for hydroxylation is 2. The number of carbonyl (C=O) groups is 3. The van der Waals surface area contributed by atoms with Gasteiger partial charge in [-0.05, 0) is 70.4 Å². The van der Waals surface area contributed by atoms with Crippen molar-refractivity contribution in [2.24, 2.45) is 0 Å². The average molecular weight is 902 g/mol. The van der Waals surface area contributed by atoms with Gasteiger partial charge in [-0.1, -0.05) is 103 Å². The first kappa shape index (κ1) is 50.3. The number of hydrogen-bond acceptors (Lipinski definition) is 12. The minimum atomic E-state index is -0.448. The number of unbranched alkanes of at least 4 members (excludes halogenated alkanes) is 1. The van der Waals surface area contributed by atoms with E-state index in [1.807, 2.05) is 32.0 Å². The van der Waals surface area contributed by atoms with Gasteiger partial charge in [0.05, 0.1) is 16.9 Å². The van der Waals surface area contributed by atoms with Crippen LogP contribution in [0.5, 0.6) is 0 Å². The lowest BCUT2D eigenvalue weighted by Crippen LogP contribution is -2.48. The number of allylic oxidation sites excluding steroid dienone is 10. The summed E-state index contributed by atoms with van der Waals surface area (Å²) in [6, 6.07) is 7.34. The molecule has 16 heteroatoms. The van der Waals surface area contributed by atoms with E-state index in [1.165, 1.54) is 17.5 Å². The lowest BCUT2D eigenvalue weighted by molar-refractivity contribution is -0.121. The number of amides is 3. The molecule has 4 rings (SSSR count). The van der Waals surface area contributed by atoms with Crippen LogP contribution in [0.1, 0.15) is 79.3 Å². The Balaban J connectivity index is 0.977. The zero-order valence-electron chi connectivity index (χ0n) is 37.0. The molecule has 1 aromatic carbocycles. The number of halogens is 1. The third-order valence-electron chi connectivity index (χ3n) is 9.71. The van der Waals surface area contributed by atoms with E-state index in [0.29, 0.717) is 78.1 Å². The number of thiazole rings is 1. The van der Waals surface area contributed by atoms with Crippen molar-refractivity contribution in [2.75, 3.05) is 81.0 Å². The monoisotopic (exact) mass is 900 g/mol. The second kappa shape index (κ2) is 29.9. The van der Waals surface area contributed by atoms with Crippen LogP contribution in [-0.2, 0) is 9.53 Å². The van der Waals surface area contributed by atoms with Gasteiger partial charge in [-0.2, -0.15) is 0 Å². The summed E-state index contributed by atoms with van der Waals surface area (Å²) in [5.41, 5.74) is 1.45. The first-order valence-electron chi connectivity index (χ1n) is 22.0. The molecule has 2 aromatic heterocycles. The molecule has 0 radical (unpaired) electrons. The van der Waals surface area contributed by atoms with Gasteiger partial charge in [0.2, 0.25) is 5.91 Å². The number of hydrogen-bond donors (Lipinski definition) is 5. The van der Waals surface area contributed by atoms with Crippen LogP contribution < -0.4 is 31.5 Å². The summed E-state index contributed by atoms with van der Waals surface area (Å²) in [4.78, 5) is 55.7. The molecule has 1 saturated heterocycles. The summed E-state index contributed by atoms with van der Waals surface area (Å²) in [6.45, 7) is 12.0. The molecule has 0 spiro atoms. The second-order valence-corrected chi connectivity index (χ2v) is 16.2. The highest BCUT2D eigenvalue weighted by Gasteiger charge is 2.20. The molecule has 3 amide bonds. The lowest BCUT2D eigenvalue weighted by atomic mass is 10.2. The van der Waals surface area contributed by atoms with Gasteiger partial charge >= 0.3 is 6.09 Å². The third kappa shape index (κ3) is 20.6. The van der Waals surface area contributed by atoms with Gasteiger partial charge in [0.15, 0.2) is 5.13 Å². The van der Waals surface area contributed by atoms with Gasteiger partial charge in [0.25, 0.3) is 5.91 Å². The lowest BCUT2D eigenvalue weighted by Gasteiger charge is -2.35. The topological polar surface area (TPSA) is 166 Å². The Kier molecular flexibility index (Phi) is 23.8. The zero-order valence-corrected chi connectivity index (χ0v) is 38.6. The van der Waals surface area contributed by atoms with Crippen molar-refractivity contribution in [1.82, 2.24) is 35.8 Å². The molecular formula is C47H65ClN10O4S. The van der Waals surface area contributed by atoms with Crippen LogP contribution in [0.2, 0.25) is 5.02 Å². The fourth-order valence-electron chi connectivity index (χ4n) is 6.31. The van der Waals surface area contributed by atoms with Gasteiger partial charge < -0.3 is 36.2 Å². The summed E-state index contributed by atoms with van der Waals surface area (Å²) in [5.74, 6) is 1.76. The Morgan fingerprint density at radius 3 is 2.19 bits per heavy atom. The molecule has 14 nitrogen and oxygen atoms in total. The molecule has 1 aliphatic heterocycles. The number of nitrogens with one attached hydrogen (secondary N) is 5. The molecule has 3 aromatic rings. The molecule has 0 atom stereocenters. The first-order valence-corrected chi connectivity index (χ1v) is 23.2. The number of rotatable bonds is 27. The van der Waals surface area contributed by atoms with E-state index in [4.69, 9.17) is 16.3 Å². The summed E-state index contributed by atoms with van der Waals surface area (Å²) >= 11 is 7.51. The SMILES string of the molecule is CCC=CCC=CCC=CCC=CCC=CCCCC(=O)NCCNCCNC(=O)OCCN1CCN(c2cc(Nc3ncc(C(=O)Nc4c(C)cccc4Cl)s3)nc(C)n2)CC1. The molecule has 3 heterocycles. The van der Waals surface area contributed by atoms with E-state index < -0.39 is 6.09 Å². The Hall–Kier alpha value is -5.35. The van der Waals surface area contributed by atoms with Crippen LogP contribution in [0.3, 0.4) is 0 Å². The van der Waals surface area contributed by atoms with E-state index in [-0.39, 0.29) is 11.8 Å². The average Bonchev–Trinajstić information content (AvgIpc) is 3.74. The molecule has 1 fully saturated rings. The molecular weight excluding hydrogens is 836 g/mol. The normalized spacial score (nSPS) is 13.6. The van der Waals surface area contributed by atoms with Crippen molar-refractivity contribution in [1.29, 1.82) is 0 Å². The van der Waals surface area contributed by atoms with Gasteiger partial charge in [0, 0.05) is 71.4 Å². The minimum absolute atomic E-state index is 0.0512. The van der Waals surface area contributed by atoms with Crippen LogP contribution in [-0.4, -0.2) is 103 Å². The minimum Gasteiger partial charge on any atom is -0.448 e. The largest absolute Gasteiger partial charge is 0.448 e. The standard InChI is InChI=1S/C47H65ClN10O4S/c1-4-5-6-7-8-9-10-11-12-13-14-15-16-17-18-19-20-24-43(59)50-27-25-49-26-28-51-47(61)62-34-33-57-29-31-58(32-30-57)42-35-41(53-38(3)54-42)55-46-52-36-40(63-46)45(60)56-44-37(2)22-21-23-39(44)48/h5-6,8-9,11-12,14-15,17-18,21-23,35-36,49H,4,7,10,13,16,19-20,24-34H2,1-3H3,(H,50,59)(H,51,61)(H,56,60)(H,52,53,54,55). The maximum absolute atomic E-state index is 12.9. The van der Waals surface area contributed by atoms with Crippen molar-refractivity contribution < 1.29 is 19.1 Å². The molecule has 63 heavy (non-hydrogen) atoms. The number of aromatic nitrogens is 3. The number of ether oxygens (including phenoxy) is 1. The molecule has 0 unspecified atom stereocenters. The first-order chi connectivity index (χ1) is 30.7. The van der Waals surface area contributed by atoms with Gasteiger partial charge in [-0.3, -0.25) is 14.5 Å². The highest BCUT2D eigenvalue weighted by atomic mass is 35.5. The maximum Gasteiger partial charge on any atom is 0.407 e. The smallest absolute Gasteiger partial charge is 0.407 e. The predicted octanol–water partition coefficient (Wildman–Crippen LogP) is 8.67. The zero-order chi connectivity index (χ0) is 44.9. The predicted molar refractivity (Wildman–Crippen MR) is 259 cm³/mol. The molecule has 5 N–H and O–H groups in total. The van der Waals surface area contributed by atoms with Crippen LogP contribution in [0.15, 0.2) is 91.2 Å². The van der Waals surface area contributed by atoms with Crippen molar-refractivity contribution >= 4 is 63.3 Å². The quantitative estimate of drug-likeness (QED) is 0.0367.